The molecule has 17 heavy (non-hydrogen) atoms. The minimum atomic E-state index is 0.457. The lowest BCUT2D eigenvalue weighted by atomic mass is 10.3. The van der Waals surface area contributed by atoms with E-state index in [1.54, 1.807) is 0 Å². The number of hydrogen-bond donors (Lipinski definition) is 1. The van der Waals surface area contributed by atoms with Crippen molar-refractivity contribution < 1.29 is 4.52 Å². The third kappa shape index (κ3) is 2.68. The van der Waals surface area contributed by atoms with Gasteiger partial charge in [-0.05, 0) is 12.8 Å². The Morgan fingerprint density at radius 3 is 2.65 bits per heavy atom. The van der Waals surface area contributed by atoms with Crippen molar-refractivity contribution in [2.75, 3.05) is 26.2 Å². The van der Waals surface area contributed by atoms with Gasteiger partial charge in [0.15, 0.2) is 5.76 Å². The molecule has 1 aliphatic heterocycles. The standard InChI is InChI=1S/C12H20N4O/c13-8-10-7-12(17-14-10)9-15-3-5-16(6-4-15)11-1-2-11/h7,11H,1-6,8-9,13H2. The first kappa shape index (κ1) is 11.2. The molecular weight excluding hydrogens is 216 g/mol. The fourth-order valence-electron chi connectivity index (χ4n) is 2.47. The lowest BCUT2D eigenvalue weighted by Gasteiger charge is -2.34. The van der Waals surface area contributed by atoms with Crippen LogP contribution in [0.15, 0.2) is 10.6 Å². The van der Waals surface area contributed by atoms with Gasteiger partial charge in [-0.3, -0.25) is 9.80 Å². The molecule has 0 atom stereocenters. The number of nitrogens with zero attached hydrogens (tertiary/aromatic N) is 3. The molecule has 0 radical (unpaired) electrons. The van der Waals surface area contributed by atoms with Crippen molar-refractivity contribution in [1.82, 2.24) is 15.0 Å². The van der Waals surface area contributed by atoms with E-state index in [1.165, 1.54) is 25.9 Å². The molecule has 0 aromatic carbocycles. The van der Waals surface area contributed by atoms with E-state index in [9.17, 15) is 0 Å². The van der Waals surface area contributed by atoms with Gasteiger partial charge in [0.25, 0.3) is 0 Å². The van der Waals surface area contributed by atoms with E-state index in [0.29, 0.717) is 6.54 Å². The summed E-state index contributed by atoms with van der Waals surface area (Å²) in [5.41, 5.74) is 6.36. The molecule has 1 aromatic heterocycles. The Bertz CT molecular complexity index is 366. The maximum Gasteiger partial charge on any atom is 0.151 e. The van der Waals surface area contributed by atoms with Crippen LogP contribution in [0, 0.1) is 0 Å². The van der Waals surface area contributed by atoms with Gasteiger partial charge in [0, 0.05) is 44.8 Å². The fraction of sp³-hybridized carbons (Fsp3) is 0.750. The maximum absolute atomic E-state index is 5.51. The van der Waals surface area contributed by atoms with E-state index in [-0.39, 0.29) is 0 Å². The van der Waals surface area contributed by atoms with E-state index in [2.05, 4.69) is 15.0 Å². The fourth-order valence-corrected chi connectivity index (χ4v) is 2.47. The van der Waals surface area contributed by atoms with E-state index >= 15 is 0 Å². The minimum absolute atomic E-state index is 0.457. The van der Waals surface area contributed by atoms with Crippen molar-refractivity contribution >= 4 is 0 Å². The molecule has 5 nitrogen and oxygen atoms in total. The zero-order valence-corrected chi connectivity index (χ0v) is 10.1. The van der Waals surface area contributed by atoms with Gasteiger partial charge in [-0.2, -0.15) is 0 Å². The molecule has 2 heterocycles. The number of rotatable bonds is 4. The predicted octanol–water partition coefficient (Wildman–Crippen LogP) is 0.413. The lowest BCUT2D eigenvalue weighted by Crippen LogP contribution is -2.46. The summed E-state index contributed by atoms with van der Waals surface area (Å²) in [4.78, 5) is 5.04. The largest absolute Gasteiger partial charge is 0.360 e. The maximum atomic E-state index is 5.51. The minimum Gasteiger partial charge on any atom is -0.360 e. The second-order valence-corrected chi connectivity index (χ2v) is 5.03. The molecule has 1 saturated heterocycles. The molecule has 94 valence electrons. The van der Waals surface area contributed by atoms with E-state index in [0.717, 1.165) is 37.1 Å². The average molecular weight is 236 g/mol. The van der Waals surface area contributed by atoms with E-state index in [4.69, 9.17) is 10.3 Å². The van der Waals surface area contributed by atoms with Crippen molar-refractivity contribution in [3.8, 4) is 0 Å². The summed E-state index contributed by atoms with van der Waals surface area (Å²) in [6.07, 6.45) is 2.81. The lowest BCUT2D eigenvalue weighted by molar-refractivity contribution is 0.113. The molecule has 2 aliphatic rings. The van der Waals surface area contributed by atoms with Gasteiger partial charge in [-0.25, -0.2) is 0 Å². The molecule has 1 aliphatic carbocycles. The van der Waals surface area contributed by atoms with Crippen LogP contribution in [0.5, 0.6) is 0 Å². The van der Waals surface area contributed by atoms with Gasteiger partial charge >= 0.3 is 0 Å². The first-order valence-corrected chi connectivity index (χ1v) is 6.46. The van der Waals surface area contributed by atoms with Crippen LogP contribution in [-0.4, -0.2) is 47.2 Å². The number of piperazine rings is 1. The summed E-state index contributed by atoms with van der Waals surface area (Å²) in [6, 6.07) is 2.86. The Hall–Kier alpha value is -0.910. The van der Waals surface area contributed by atoms with Gasteiger partial charge in [-0.1, -0.05) is 5.16 Å². The van der Waals surface area contributed by atoms with Crippen molar-refractivity contribution in [2.45, 2.75) is 32.0 Å². The molecule has 0 spiro atoms. The highest BCUT2D eigenvalue weighted by atomic mass is 16.5. The van der Waals surface area contributed by atoms with Crippen LogP contribution in [0.2, 0.25) is 0 Å². The molecule has 3 rings (SSSR count). The highest BCUT2D eigenvalue weighted by molar-refractivity contribution is 5.05. The second kappa shape index (κ2) is 4.76. The van der Waals surface area contributed by atoms with Gasteiger partial charge in [0.2, 0.25) is 0 Å². The van der Waals surface area contributed by atoms with E-state index in [1.807, 2.05) is 6.07 Å². The van der Waals surface area contributed by atoms with Crippen molar-refractivity contribution in [3.63, 3.8) is 0 Å². The molecule has 1 aromatic rings. The topological polar surface area (TPSA) is 58.5 Å². The zero-order chi connectivity index (χ0) is 11.7. The molecule has 2 N–H and O–H groups in total. The number of nitrogens with two attached hydrogens (primary N) is 1. The SMILES string of the molecule is NCc1cc(CN2CCN(C3CC3)CC2)on1. The van der Waals surface area contributed by atoms with Crippen molar-refractivity contribution in [3.05, 3.63) is 17.5 Å². The summed E-state index contributed by atoms with van der Waals surface area (Å²) in [5.74, 6) is 0.935. The van der Waals surface area contributed by atoms with Gasteiger partial charge < -0.3 is 10.3 Å². The zero-order valence-electron chi connectivity index (χ0n) is 10.1. The normalized spacial score (nSPS) is 23.1. The Balaban J connectivity index is 1.49. The summed E-state index contributed by atoms with van der Waals surface area (Å²) in [6.45, 7) is 5.99. The average Bonchev–Trinajstić information content (AvgIpc) is 3.11. The summed E-state index contributed by atoms with van der Waals surface area (Å²) < 4.78 is 5.26. The van der Waals surface area contributed by atoms with E-state index < -0.39 is 0 Å². The number of hydrogen-bond acceptors (Lipinski definition) is 5. The monoisotopic (exact) mass is 236 g/mol. The summed E-state index contributed by atoms with van der Waals surface area (Å²) in [7, 11) is 0. The smallest absolute Gasteiger partial charge is 0.151 e. The molecule has 2 fully saturated rings. The molecule has 0 amide bonds. The van der Waals surface area contributed by atoms with Crippen LogP contribution in [0.25, 0.3) is 0 Å². The van der Waals surface area contributed by atoms with Crippen molar-refractivity contribution in [1.29, 1.82) is 0 Å². The molecule has 1 saturated carbocycles. The second-order valence-electron chi connectivity index (χ2n) is 5.03. The van der Waals surface area contributed by atoms with Crippen LogP contribution in [0.1, 0.15) is 24.3 Å². The number of aromatic nitrogens is 1. The van der Waals surface area contributed by atoms with Crippen molar-refractivity contribution in [2.24, 2.45) is 5.73 Å². The summed E-state index contributed by atoms with van der Waals surface area (Å²) in [5, 5.41) is 3.92. The predicted molar refractivity (Wildman–Crippen MR) is 64.3 cm³/mol. The first-order chi connectivity index (χ1) is 8.35. The molecular formula is C12H20N4O. The third-order valence-electron chi connectivity index (χ3n) is 3.67. The van der Waals surface area contributed by atoms with Crippen LogP contribution in [-0.2, 0) is 13.1 Å². The Morgan fingerprint density at radius 1 is 1.29 bits per heavy atom. The first-order valence-electron chi connectivity index (χ1n) is 6.46. The molecule has 0 unspecified atom stereocenters. The Kier molecular flexibility index (Phi) is 3.13. The van der Waals surface area contributed by atoms with Gasteiger partial charge in [0.1, 0.15) is 0 Å². The molecule has 5 heteroatoms. The van der Waals surface area contributed by atoms with Gasteiger partial charge in [0.05, 0.1) is 12.2 Å². The highest BCUT2D eigenvalue weighted by Gasteiger charge is 2.31. The quantitative estimate of drug-likeness (QED) is 0.820. The van der Waals surface area contributed by atoms with Crippen LogP contribution in [0.4, 0.5) is 0 Å². The Labute approximate surface area is 102 Å². The van der Waals surface area contributed by atoms with Gasteiger partial charge in [-0.15, -0.1) is 0 Å². The van der Waals surface area contributed by atoms with Crippen LogP contribution < -0.4 is 5.73 Å². The van der Waals surface area contributed by atoms with Crippen LogP contribution >= 0.6 is 0 Å². The third-order valence-corrected chi connectivity index (χ3v) is 3.67. The summed E-state index contributed by atoms with van der Waals surface area (Å²) >= 11 is 0. The van der Waals surface area contributed by atoms with Crippen LogP contribution in [0.3, 0.4) is 0 Å². The highest BCUT2D eigenvalue weighted by Crippen LogP contribution is 2.27. The molecule has 0 bridgehead atoms. The Morgan fingerprint density at radius 2 is 2.06 bits per heavy atom.